The van der Waals surface area contributed by atoms with Crippen molar-refractivity contribution < 1.29 is 14.3 Å². The maximum atomic E-state index is 12.0. The van der Waals surface area contributed by atoms with Crippen molar-refractivity contribution >= 4 is 22.4 Å². The summed E-state index contributed by atoms with van der Waals surface area (Å²) in [5, 5.41) is 5.13. The largest absolute Gasteiger partial charge is 0.494 e. The summed E-state index contributed by atoms with van der Waals surface area (Å²) in [4.78, 5) is 20.4. The predicted molar refractivity (Wildman–Crippen MR) is 97.1 cm³/mol. The molecule has 0 fully saturated rings. The molecular weight excluding hydrogens is 338 g/mol. The molecule has 3 aromatic rings. The summed E-state index contributed by atoms with van der Waals surface area (Å²) in [5.74, 6) is 1.11. The number of carbonyl (C=O) groups is 1. The van der Waals surface area contributed by atoms with Gasteiger partial charge in [-0.15, -0.1) is 11.3 Å². The summed E-state index contributed by atoms with van der Waals surface area (Å²) in [7, 11) is 0. The number of anilines is 1. The number of nitrogens with one attached hydrogen (secondary N) is 1. The number of rotatable bonds is 7. The van der Waals surface area contributed by atoms with Gasteiger partial charge in [0.05, 0.1) is 12.3 Å². The number of aromatic nitrogens is 2. The van der Waals surface area contributed by atoms with E-state index in [-0.39, 0.29) is 12.5 Å². The number of pyridine rings is 1. The van der Waals surface area contributed by atoms with Crippen LogP contribution in [0.2, 0.25) is 0 Å². The summed E-state index contributed by atoms with van der Waals surface area (Å²) in [6.45, 7) is 2.44. The molecule has 1 aromatic carbocycles. The third-order valence-electron chi connectivity index (χ3n) is 3.21. The second-order valence-corrected chi connectivity index (χ2v) is 5.88. The van der Waals surface area contributed by atoms with Crippen molar-refractivity contribution in [3.8, 4) is 22.8 Å². The second kappa shape index (κ2) is 8.25. The maximum absolute atomic E-state index is 12.0. The minimum Gasteiger partial charge on any atom is -0.494 e. The van der Waals surface area contributed by atoms with E-state index >= 15 is 0 Å². The fourth-order valence-corrected chi connectivity index (χ4v) is 2.82. The van der Waals surface area contributed by atoms with E-state index in [2.05, 4.69) is 15.3 Å². The maximum Gasteiger partial charge on any atom is 0.264 e. The molecule has 0 saturated carbocycles. The van der Waals surface area contributed by atoms with Crippen LogP contribution in [0.15, 0.2) is 54.2 Å². The topological polar surface area (TPSA) is 73.3 Å². The lowest BCUT2D eigenvalue weighted by Crippen LogP contribution is -2.20. The van der Waals surface area contributed by atoms with E-state index in [0.717, 1.165) is 17.0 Å². The first-order valence-corrected chi connectivity index (χ1v) is 8.64. The summed E-state index contributed by atoms with van der Waals surface area (Å²) >= 11 is 1.36. The number of hydrogen-bond donors (Lipinski definition) is 1. The number of ether oxygens (including phenoxy) is 2. The van der Waals surface area contributed by atoms with Gasteiger partial charge in [-0.1, -0.05) is 0 Å². The highest BCUT2D eigenvalue weighted by Crippen LogP contribution is 2.24. The Morgan fingerprint density at radius 3 is 2.60 bits per heavy atom. The van der Waals surface area contributed by atoms with E-state index in [9.17, 15) is 4.79 Å². The van der Waals surface area contributed by atoms with Gasteiger partial charge in [-0.3, -0.25) is 15.1 Å². The molecule has 1 amide bonds. The Morgan fingerprint density at radius 2 is 1.92 bits per heavy atom. The van der Waals surface area contributed by atoms with E-state index in [1.807, 2.05) is 24.4 Å². The van der Waals surface area contributed by atoms with Gasteiger partial charge >= 0.3 is 0 Å². The van der Waals surface area contributed by atoms with E-state index in [4.69, 9.17) is 9.47 Å². The summed E-state index contributed by atoms with van der Waals surface area (Å²) in [5.41, 5.74) is 1.69. The van der Waals surface area contributed by atoms with Crippen LogP contribution in [0.3, 0.4) is 0 Å². The number of thiazole rings is 1. The zero-order valence-electron chi connectivity index (χ0n) is 13.6. The molecule has 2 aromatic heterocycles. The average Bonchev–Trinajstić information content (AvgIpc) is 3.11. The van der Waals surface area contributed by atoms with Crippen LogP contribution in [0.25, 0.3) is 11.3 Å². The lowest BCUT2D eigenvalue weighted by molar-refractivity contribution is -0.118. The Balaban J connectivity index is 1.52. The SMILES string of the molecule is CCOc1ccc(OCC(=O)Nc2nc(-c3cccnc3)cs2)cc1. The minimum absolute atomic E-state index is 0.0875. The zero-order valence-corrected chi connectivity index (χ0v) is 14.5. The van der Waals surface area contributed by atoms with Crippen molar-refractivity contribution in [2.75, 3.05) is 18.5 Å². The molecule has 0 atom stereocenters. The first-order valence-electron chi connectivity index (χ1n) is 7.76. The first kappa shape index (κ1) is 16.9. The van der Waals surface area contributed by atoms with Crippen molar-refractivity contribution in [1.29, 1.82) is 0 Å². The quantitative estimate of drug-likeness (QED) is 0.701. The zero-order chi connectivity index (χ0) is 17.5. The molecule has 0 aliphatic heterocycles. The fourth-order valence-electron chi connectivity index (χ4n) is 2.08. The van der Waals surface area contributed by atoms with Crippen LogP contribution >= 0.6 is 11.3 Å². The molecule has 25 heavy (non-hydrogen) atoms. The van der Waals surface area contributed by atoms with Crippen molar-refractivity contribution in [3.05, 3.63) is 54.2 Å². The highest BCUT2D eigenvalue weighted by Gasteiger charge is 2.09. The average molecular weight is 355 g/mol. The van der Waals surface area contributed by atoms with Gasteiger partial charge in [0.15, 0.2) is 11.7 Å². The van der Waals surface area contributed by atoms with Crippen LogP contribution in [0, 0.1) is 0 Å². The number of carbonyl (C=O) groups excluding carboxylic acids is 1. The fraction of sp³-hybridized carbons (Fsp3) is 0.167. The Hall–Kier alpha value is -2.93. The van der Waals surface area contributed by atoms with Gasteiger partial charge < -0.3 is 9.47 Å². The van der Waals surface area contributed by atoms with Gasteiger partial charge in [-0.25, -0.2) is 4.98 Å². The lowest BCUT2D eigenvalue weighted by Gasteiger charge is -2.07. The number of benzene rings is 1. The third-order valence-corrected chi connectivity index (χ3v) is 3.97. The monoisotopic (exact) mass is 355 g/mol. The number of hydrogen-bond acceptors (Lipinski definition) is 6. The van der Waals surface area contributed by atoms with Crippen molar-refractivity contribution in [2.24, 2.45) is 0 Å². The molecule has 128 valence electrons. The molecule has 0 aliphatic carbocycles. The molecule has 6 nitrogen and oxygen atoms in total. The third kappa shape index (κ3) is 4.77. The predicted octanol–water partition coefficient (Wildman–Crippen LogP) is 3.62. The Morgan fingerprint density at radius 1 is 1.16 bits per heavy atom. The molecule has 7 heteroatoms. The van der Waals surface area contributed by atoms with E-state index in [1.54, 1.807) is 36.7 Å². The summed E-state index contributed by atoms with van der Waals surface area (Å²) in [6.07, 6.45) is 3.44. The Labute approximate surface area is 149 Å². The van der Waals surface area contributed by atoms with Crippen LogP contribution in [-0.4, -0.2) is 29.1 Å². The van der Waals surface area contributed by atoms with Crippen LogP contribution in [0.5, 0.6) is 11.5 Å². The molecule has 0 spiro atoms. The molecule has 0 bridgehead atoms. The van der Waals surface area contributed by atoms with Crippen LogP contribution in [0.1, 0.15) is 6.92 Å². The van der Waals surface area contributed by atoms with Gasteiger partial charge in [0.1, 0.15) is 11.5 Å². The highest BCUT2D eigenvalue weighted by molar-refractivity contribution is 7.14. The molecular formula is C18H17N3O3S. The summed E-state index contributed by atoms with van der Waals surface area (Å²) < 4.78 is 10.8. The highest BCUT2D eigenvalue weighted by atomic mass is 32.1. The normalized spacial score (nSPS) is 10.3. The van der Waals surface area contributed by atoms with Crippen LogP contribution in [0.4, 0.5) is 5.13 Å². The van der Waals surface area contributed by atoms with E-state index in [1.165, 1.54) is 11.3 Å². The molecule has 0 aliphatic rings. The smallest absolute Gasteiger partial charge is 0.264 e. The van der Waals surface area contributed by atoms with Gasteiger partial charge in [0.2, 0.25) is 0 Å². The second-order valence-electron chi connectivity index (χ2n) is 5.02. The van der Waals surface area contributed by atoms with Crippen molar-refractivity contribution in [3.63, 3.8) is 0 Å². The minimum atomic E-state index is -0.263. The first-order chi connectivity index (χ1) is 12.2. The molecule has 1 N–H and O–H groups in total. The van der Waals surface area contributed by atoms with Gasteiger partial charge in [-0.05, 0) is 43.3 Å². The molecule has 0 saturated heterocycles. The van der Waals surface area contributed by atoms with Gasteiger partial charge in [0.25, 0.3) is 5.91 Å². The van der Waals surface area contributed by atoms with Gasteiger partial charge in [-0.2, -0.15) is 0 Å². The van der Waals surface area contributed by atoms with Crippen LogP contribution < -0.4 is 14.8 Å². The molecule has 3 rings (SSSR count). The van der Waals surface area contributed by atoms with E-state index in [0.29, 0.717) is 17.5 Å². The standard InChI is InChI=1S/C18H17N3O3S/c1-2-23-14-5-7-15(8-6-14)24-11-17(22)21-18-20-16(12-25-18)13-4-3-9-19-10-13/h3-10,12H,2,11H2,1H3,(H,20,21,22). The van der Waals surface area contributed by atoms with Crippen LogP contribution in [-0.2, 0) is 4.79 Å². The lowest BCUT2D eigenvalue weighted by atomic mass is 10.2. The Bertz CT molecular complexity index is 819. The molecule has 0 unspecified atom stereocenters. The van der Waals surface area contributed by atoms with Gasteiger partial charge in [0, 0.05) is 23.3 Å². The Kier molecular flexibility index (Phi) is 5.58. The van der Waals surface area contributed by atoms with E-state index < -0.39 is 0 Å². The molecule has 2 heterocycles. The number of nitrogens with zero attached hydrogens (tertiary/aromatic N) is 2. The summed E-state index contributed by atoms with van der Waals surface area (Å²) in [6, 6.07) is 10.9. The van der Waals surface area contributed by atoms with Crippen molar-refractivity contribution in [1.82, 2.24) is 9.97 Å². The van der Waals surface area contributed by atoms with Crippen molar-refractivity contribution in [2.45, 2.75) is 6.92 Å². The number of amides is 1. The molecule has 0 radical (unpaired) electrons.